The van der Waals surface area contributed by atoms with Crippen molar-refractivity contribution < 1.29 is 9.53 Å². The van der Waals surface area contributed by atoms with E-state index >= 15 is 0 Å². The summed E-state index contributed by atoms with van der Waals surface area (Å²) >= 11 is 0. The van der Waals surface area contributed by atoms with Crippen molar-refractivity contribution in [2.24, 2.45) is 5.73 Å². The molecule has 0 saturated carbocycles. The van der Waals surface area contributed by atoms with E-state index < -0.39 is 12.0 Å². The third-order valence-corrected chi connectivity index (χ3v) is 2.22. The van der Waals surface area contributed by atoms with Crippen LogP contribution in [0, 0.1) is 13.8 Å². The molecule has 0 aliphatic carbocycles. The van der Waals surface area contributed by atoms with Gasteiger partial charge in [-0.15, -0.1) is 12.4 Å². The molecule has 0 fully saturated rings. The molecular formula is C11H16ClNO2. The van der Waals surface area contributed by atoms with Crippen molar-refractivity contribution in [2.75, 3.05) is 7.11 Å². The van der Waals surface area contributed by atoms with Crippen LogP contribution >= 0.6 is 12.4 Å². The quantitative estimate of drug-likeness (QED) is 0.789. The number of hydrogen-bond acceptors (Lipinski definition) is 3. The lowest BCUT2D eigenvalue weighted by Gasteiger charge is -2.12. The van der Waals surface area contributed by atoms with Gasteiger partial charge in [-0.2, -0.15) is 0 Å². The molecule has 3 nitrogen and oxygen atoms in total. The van der Waals surface area contributed by atoms with Crippen molar-refractivity contribution in [2.45, 2.75) is 19.9 Å². The zero-order valence-electron chi connectivity index (χ0n) is 9.11. The van der Waals surface area contributed by atoms with Gasteiger partial charge in [0.15, 0.2) is 0 Å². The van der Waals surface area contributed by atoms with Gasteiger partial charge in [0, 0.05) is 0 Å². The van der Waals surface area contributed by atoms with Gasteiger partial charge in [0.1, 0.15) is 6.04 Å². The van der Waals surface area contributed by atoms with E-state index in [1.807, 2.05) is 32.0 Å². The van der Waals surface area contributed by atoms with Crippen LogP contribution in [0.4, 0.5) is 0 Å². The highest BCUT2D eigenvalue weighted by molar-refractivity contribution is 5.85. The van der Waals surface area contributed by atoms with Crippen LogP contribution in [0.5, 0.6) is 0 Å². The zero-order valence-corrected chi connectivity index (χ0v) is 9.93. The second kappa shape index (κ2) is 5.73. The number of nitrogens with two attached hydrogens (primary N) is 1. The summed E-state index contributed by atoms with van der Waals surface area (Å²) in [6.07, 6.45) is 0. The average molecular weight is 230 g/mol. The maximum atomic E-state index is 11.2. The van der Waals surface area contributed by atoms with Gasteiger partial charge >= 0.3 is 5.97 Å². The summed E-state index contributed by atoms with van der Waals surface area (Å²) in [7, 11) is 1.34. The molecule has 0 aromatic heterocycles. The molecule has 1 atom stereocenters. The van der Waals surface area contributed by atoms with E-state index in [1.165, 1.54) is 7.11 Å². The fourth-order valence-electron chi connectivity index (χ4n) is 1.35. The van der Waals surface area contributed by atoms with Crippen LogP contribution in [0.1, 0.15) is 22.7 Å². The lowest BCUT2D eigenvalue weighted by Crippen LogP contribution is -2.23. The Morgan fingerprint density at radius 1 is 1.40 bits per heavy atom. The molecule has 2 N–H and O–H groups in total. The average Bonchev–Trinajstić information content (AvgIpc) is 2.19. The summed E-state index contributed by atoms with van der Waals surface area (Å²) in [5, 5.41) is 0. The highest BCUT2D eigenvalue weighted by Gasteiger charge is 2.17. The van der Waals surface area contributed by atoms with E-state index in [-0.39, 0.29) is 12.4 Å². The third kappa shape index (κ3) is 3.22. The van der Waals surface area contributed by atoms with Crippen LogP contribution in [-0.2, 0) is 9.53 Å². The van der Waals surface area contributed by atoms with Crippen molar-refractivity contribution in [1.29, 1.82) is 0 Å². The van der Waals surface area contributed by atoms with E-state index in [9.17, 15) is 4.79 Å². The lowest BCUT2D eigenvalue weighted by molar-refractivity contribution is -0.142. The molecule has 0 unspecified atom stereocenters. The van der Waals surface area contributed by atoms with E-state index in [2.05, 4.69) is 4.74 Å². The summed E-state index contributed by atoms with van der Waals surface area (Å²) in [5.41, 5.74) is 8.67. The molecule has 0 amide bonds. The maximum Gasteiger partial charge on any atom is 0.327 e. The van der Waals surface area contributed by atoms with Gasteiger partial charge in [-0.05, 0) is 25.0 Å². The van der Waals surface area contributed by atoms with Crippen LogP contribution in [0.25, 0.3) is 0 Å². The Kier molecular flexibility index (Phi) is 5.33. The number of benzene rings is 1. The number of rotatable bonds is 2. The molecule has 0 saturated heterocycles. The highest BCUT2D eigenvalue weighted by Crippen LogP contribution is 2.18. The van der Waals surface area contributed by atoms with Crippen LogP contribution in [0.3, 0.4) is 0 Å². The van der Waals surface area contributed by atoms with Gasteiger partial charge in [-0.25, -0.2) is 0 Å². The minimum Gasteiger partial charge on any atom is -0.468 e. The Labute approximate surface area is 96.0 Å². The molecule has 0 spiro atoms. The molecule has 0 bridgehead atoms. The van der Waals surface area contributed by atoms with Crippen molar-refractivity contribution in [3.63, 3.8) is 0 Å². The second-order valence-corrected chi connectivity index (χ2v) is 3.36. The Hall–Kier alpha value is -1.06. The van der Waals surface area contributed by atoms with Crippen LogP contribution in [0.2, 0.25) is 0 Å². The van der Waals surface area contributed by atoms with Gasteiger partial charge in [0.05, 0.1) is 7.11 Å². The lowest BCUT2D eigenvalue weighted by atomic mass is 10.00. The van der Waals surface area contributed by atoms with Gasteiger partial charge in [-0.1, -0.05) is 23.8 Å². The predicted octanol–water partition coefficient (Wildman–Crippen LogP) is 1.90. The molecule has 0 radical (unpaired) electrons. The number of ether oxygens (including phenoxy) is 1. The predicted molar refractivity (Wildman–Crippen MR) is 62.1 cm³/mol. The Balaban J connectivity index is 0.00000196. The molecule has 1 aromatic carbocycles. The number of carbonyl (C=O) groups excluding carboxylic acids is 1. The van der Waals surface area contributed by atoms with Gasteiger partial charge < -0.3 is 10.5 Å². The summed E-state index contributed by atoms with van der Waals surface area (Å²) in [6.45, 7) is 3.89. The van der Waals surface area contributed by atoms with Gasteiger partial charge in [0.25, 0.3) is 0 Å². The van der Waals surface area contributed by atoms with Crippen molar-refractivity contribution in [3.05, 3.63) is 34.9 Å². The summed E-state index contributed by atoms with van der Waals surface area (Å²) in [4.78, 5) is 11.2. The largest absolute Gasteiger partial charge is 0.468 e. The monoisotopic (exact) mass is 229 g/mol. The fraction of sp³-hybridized carbons (Fsp3) is 0.364. The Morgan fingerprint density at radius 2 is 2.00 bits per heavy atom. The van der Waals surface area contributed by atoms with Crippen molar-refractivity contribution in [1.82, 2.24) is 0 Å². The molecule has 1 aromatic rings. The Morgan fingerprint density at radius 3 is 2.53 bits per heavy atom. The molecule has 84 valence electrons. The van der Waals surface area contributed by atoms with Crippen molar-refractivity contribution >= 4 is 18.4 Å². The third-order valence-electron chi connectivity index (χ3n) is 2.22. The minimum absolute atomic E-state index is 0. The normalized spacial score (nSPS) is 11.5. The maximum absolute atomic E-state index is 11.2. The molecule has 0 aliphatic heterocycles. The number of halogens is 1. The molecule has 0 aliphatic rings. The van der Waals surface area contributed by atoms with Gasteiger partial charge in [0.2, 0.25) is 0 Å². The summed E-state index contributed by atoms with van der Waals surface area (Å²) in [5.74, 6) is -0.404. The van der Waals surface area contributed by atoms with E-state index in [1.54, 1.807) is 0 Å². The first kappa shape index (κ1) is 13.9. The van der Waals surface area contributed by atoms with Gasteiger partial charge in [-0.3, -0.25) is 4.79 Å². The zero-order chi connectivity index (χ0) is 10.7. The highest BCUT2D eigenvalue weighted by atomic mass is 35.5. The molecular weight excluding hydrogens is 214 g/mol. The number of esters is 1. The smallest absolute Gasteiger partial charge is 0.327 e. The van der Waals surface area contributed by atoms with E-state index in [0.29, 0.717) is 0 Å². The van der Waals surface area contributed by atoms with E-state index in [0.717, 1.165) is 16.7 Å². The van der Waals surface area contributed by atoms with Crippen LogP contribution < -0.4 is 5.73 Å². The topological polar surface area (TPSA) is 52.3 Å². The van der Waals surface area contributed by atoms with Crippen LogP contribution in [-0.4, -0.2) is 13.1 Å². The standard InChI is InChI=1S/C11H15NO2.ClH/c1-7-4-5-8(2)9(6-7)10(12)11(13)14-3;/h4-6,10H,12H2,1-3H3;1H/t10-;/m1./s1. The van der Waals surface area contributed by atoms with Crippen molar-refractivity contribution in [3.8, 4) is 0 Å². The molecule has 4 heteroatoms. The molecule has 1 rings (SSSR count). The minimum atomic E-state index is -0.681. The summed E-state index contributed by atoms with van der Waals surface area (Å²) < 4.78 is 4.60. The van der Waals surface area contributed by atoms with Crippen LogP contribution in [0.15, 0.2) is 18.2 Å². The number of methoxy groups -OCH3 is 1. The first-order valence-electron chi connectivity index (χ1n) is 4.47. The number of hydrogen-bond donors (Lipinski definition) is 1. The fourth-order valence-corrected chi connectivity index (χ4v) is 1.35. The number of aryl methyl sites for hydroxylation is 2. The molecule has 0 heterocycles. The number of carbonyl (C=O) groups is 1. The second-order valence-electron chi connectivity index (χ2n) is 3.36. The first-order chi connectivity index (χ1) is 6.56. The summed E-state index contributed by atoms with van der Waals surface area (Å²) in [6, 6.07) is 5.17. The van der Waals surface area contributed by atoms with E-state index in [4.69, 9.17) is 5.73 Å². The SMILES string of the molecule is COC(=O)[C@H](N)c1cc(C)ccc1C.Cl. The molecule has 15 heavy (non-hydrogen) atoms. The first-order valence-corrected chi connectivity index (χ1v) is 4.47. The Bertz CT molecular complexity index is 352.